The summed E-state index contributed by atoms with van der Waals surface area (Å²) in [7, 11) is 0. The molecule has 0 fully saturated rings. The van der Waals surface area contributed by atoms with Crippen molar-refractivity contribution in [2.75, 3.05) is 5.32 Å². The van der Waals surface area contributed by atoms with Crippen molar-refractivity contribution < 1.29 is 22.7 Å². The molecule has 3 aromatic rings. The van der Waals surface area contributed by atoms with Gasteiger partial charge in [0.15, 0.2) is 0 Å². The molecule has 0 bridgehead atoms. The van der Waals surface area contributed by atoms with Crippen LogP contribution in [0.2, 0.25) is 0 Å². The summed E-state index contributed by atoms with van der Waals surface area (Å²) in [6.45, 7) is 0. The Morgan fingerprint density at radius 3 is 2.41 bits per heavy atom. The molecule has 0 unspecified atom stereocenters. The maximum absolute atomic E-state index is 12.6. The number of aromatic nitrogens is 2. The van der Waals surface area contributed by atoms with Gasteiger partial charge in [-0.2, -0.15) is 0 Å². The summed E-state index contributed by atoms with van der Waals surface area (Å²) in [6.07, 6.45) is -3.59. The van der Waals surface area contributed by atoms with Gasteiger partial charge in [0.25, 0.3) is 0 Å². The zero-order chi connectivity index (χ0) is 19.4. The third-order valence-corrected chi connectivity index (χ3v) is 3.50. The van der Waals surface area contributed by atoms with Gasteiger partial charge in [-0.15, -0.1) is 13.2 Å². The van der Waals surface area contributed by atoms with Crippen molar-refractivity contribution >= 4 is 17.4 Å². The minimum absolute atomic E-state index is 0.171. The number of carbonyl (C=O) groups excluding carboxylic acids is 1. The SMILES string of the molecule is NC(=O)c1ccc(Nc2cc(-c3ccccc3OC(F)(F)F)ncn2)cc1. The van der Waals surface area contributed by atoms with E-state index < -0.39 is 12.3 Å². The fraction of sp³-hybridized carbons (Fsp3) is 0.0556. The van der Waals surface area contributed by atoms with Gasteiger partial charge < -0.3 is 15.8 Å². The molecule has 0 aliphatic heterocycles. The zero-order valence-corrected chi connectivity index (χ0v) is 13.7. The number of para-hydroxylation sites is 1. The molecule has 0 radical (unpaired) electrons. The number of hydrogen-bond acceptors (Lipinski definition) is 5. The standard InChI is InChI=1S/C18H13F3N4O2/c19-18(20,21)27-15-4-2-1-3-13(15)14-9-16(24-10-23-14)25-12-7-5-11(6-8-12)17(22)26/h1-10H,(H2,22,26)(H,23,24,25). The van der Waals surface area contributed by atoms with Crippen molar-refractivity contribution in [2.45, 2.75) is 6.36 Å². The Hall–Kier alpha value is -3.62. The first kappa shape index (κ1) is 18.2. The predicted octanol–water partition coefficient (Wildman–Crippen LogP) is 3.88. The van der Waals surface area contributed by atoms with Gasteiger partial charge in [0.05, 0.1) is 5.69 Å². The van der Waals surface area contributed by atoms with Crippen molar-refractivity contribution in [3.8, 4) is 17.0 Å². The minimum Gasteiger partial charge on any atom is -0.405 e. The van der Waals surface area contributed by atoms with Crippen LogP contribution < -0.4 is 15.8 Å². The fourth-order valence-electron chi connectivity index (χ4n) is 2.33. The summed E-state index contributed by atoms with van der Waals surface area (Å²) >= 11 is 0. The zero-order valence-electron chi connectivity index (χ0n) is 13.7. The highest BCUT2D eigenvalue weighted by atomic mass is 19.4. The molecule has 0 saturated carbocycles. The largest absolute Gasteiger partial charge is 0.573 e. The Balaban J connectivity index is 1.87. The predicted molar refractivity (Wildman–Crippen MR) is 92.4 cm³/mol. The minimum atomic E-state index is -4.81. The Kier molecular flexibility index (Phi) is 4.93. The van der Waals surface area contributed by atoms with Crippen LogP contribution in [0.1, 0.15) is 10.4 Å². The molecule has 0 atom stereocenters. The summed E-state index contributed by atoms with van der Waals surface area (Å²) in [6, 6.07) is 13.5. The Labute approximate surface area is 151 Å². The summed E-state index contributed by atoms with van der Waals surface area (Å²) in [5.74, 6) is -0.554. The quantitative estimate of drug-likeness (QED) is 0.707. The Morgan fingerprint density at radius 2 is 1.74 bits per heavy atom. The van der Waals surface area contributed by atoms with Gasteiger partial charge in [-0.1, -0.05) is 12.1 Å². The van der Waals surface area contributed by atoms with Gasteiger partial charge in [-0.25, -0.2) is 9.97 Å². The van der Waals surface area contributed by atoms with Crippen LogP contribution >= 0.6 is 0 Å². The Bertz CT molecular complexity index is 959. The average Bonchev–Trinajstić information content (AvgIpc) is 2.61. The van der Waals surface area contributed by atoms with E-state index in [2.05, 4.69) is 20.0 Å². The molecule has 27 heavy (non-hydrogen) atoms. The maximum atomic E-state index is 12.6. The average molecular weight is 374 g/mol. The van der Waals surface area contributed by atoms with Gasteiger partial charge in [-0.05, 0) is 36.4 Å². The van der Waals surface area contributed by atoms with Crippen molar-refractivity contribution in [1.29, 1.82) is 0 Å². The molecule has 6 nitrogen and oxygen atoms in total. The number of rotatable bonds is 5. The molecule has 3 N–H and O–H groups in total. The van der Waals surface area contributed by atoms with Crippen LogP contribution in [-0.4, -0.2) is 22.2 Å². The lowest BCUT2D eigenvalue weighted by Crippen LogP contribution is -2.17. The molecule has 138 valence electrons. The van der Waals surface area contributed by atoms with Crippen LogP contribution in [-0.2, 0) is 0 Å². The number of nitrogens with zero attached hydrogens (tertiary/aromatic N) is 2. The van der Waals surface area contributed by atoms with Crippen LogP contribution in [0, 0.1) is 0 Å². The number of alkyl halides is 3. The van der Waals surface area contributed by atoms with Crippen LogP contribution in [0.25, 0.3) is 11.3 Å². The monoisotopic (exact) mass is 374 g/mol. The summed E-state index contributed by atoms with van der Waals surface area (Å²) in [4.78, 5) is 19.2. The number of primary amides is 1. The molecule has 1 amide bonds. The van der Waals surface area contributed by atoms with Crippen molar-refractivity contribution in [2.24, 2.45) is 5.73 Å². The molecule has 2 aromatic carbocycles. The molecule has 1 aromatic heterocycles. The van der Waals surface area contributed by atoms with E-state index in [-0.39, 0.29) is 17.0 Å². The first-order chi connectivity index (χ1) is 12.8. The van der Waals surface area contributed by atoms with E-state index in [0.29, 0.717) is 17.1 Å². The van der Waals surface area contributed by atoms with E-state index in [4.69, 9.17) is 5.73 Å². The summed E-state index contributed by atoms with van der Waals surface area (Å²) in [5.41, 5.74) is 6.57. The lowest BCUT2D eigenvalue weighted by atomic mass is 10.1. The first-order valence-electron chi connectivity index (χ1n) is 7.66. The number of nitrogens with one attached hydrogen (secondary N) is 1. The van der Waals surface area contributed by atoms with Gasteiger partial charge in [-0.3, -0.25) is 4.79 Å². The first-order valence-corrected chi connectivity index (χ1v) is 7.66. The maximum Gasteiger partial charge on any atom is 0.573 e. The van der Waals surface area contributed by atoms with Crippen LogP contribution in [0.5, 0.6) is 5.75 Å². The highest BCUT2D eigenvalue weighted by Gasteiger charge is 2.32. The second kappa shape index (κ2) is 7.32. The van der Waals surface area contributed by atoms with E-state index in [0.717, 1.165) is 0 Å². The summed E-state index contributed by atoms with van der Waals surface area (Å²) < 4.78 is 41.8. The van der Waals surface area contributed by atoms with E-state index in [1.165, 1.54) is 30.6 Å². The smallest absolute Gasteiger partial charge is 0.405 e. The highest BCUT2D eigenvalue weighted by molar-refractivity contribution is 5.93. The summed E-state index contributed by atoms with van der Waals surface area (Å²) in [5, 5.41) is 2.98. The van der Waals surface area contributed by atoms with Gasteiger partial charge in [0, 0.05) is 22.9 Å². The van der Waals surface area contributed by atoms with Crippen molar-refractivity contribution in [3.05, 3.63) is 66.5 Å². The topological polar surface area (TPSA) is 90.1 Å². The Morgan fingerprint density at radius 1 is 1.04 bits per heavy atom. The van der Waals surface area contributed by atoms with Crippen LogP contribution in [0.3, 0.4) is 0 Å². The molecule has 0 spiro atoms. The molecule has 0 aliphatic rings. The molecular weight excluding hydrogens is 361 g/mol. The number of carbonyl (C=O) groups is 1. The van der Waals surface area contributed by atoms with Crippen LogP contribution in [0.4, 0.5) is 24.7 Å². The number of anilines is 2. The molecule has 9 heteroatoms. The number of halogens is 3. The van der Waals surface area contributed by atoms with Gasteiger partial charge >= 0.3 is 6.36 Å². The van der Waals surface area contributed by atoms with E-state index in [1.54, 1.807) is 30.3 Å². The lowest BCUT2D eigenvalue weighted by Gasteiger charge is -2.13. The molecule has 0 aliphatic carbocycles. The van der Waals surface area contributed by atoms with Gasteiger partial charge in [0.2, 0.25) is 5.91 Å². The third-order valence-electron chi connectivity index (χ3n) is 3.50. The van der Waals surface area contributed by atoms with E-state index in [1.807, 2.05) is 0 Å². The number of ether oxygens (including phenoxy) is 1. The van der Waals surface area contributed by atoms with Crippen molar-refractivity contribution in [3.63, 3.8) is 0 Å². The van der Waals surface area contributed by atoms with Crippen molar-refractivity contribution in [1.82, 2.24) is 9.97 Å². The molecule has 3 rings (SSSR count). The van der Waals surface area contributed by atoms with E-state index in [9.17, 15) is 18.0 Å². The fourth-order valence-corrected chi connectivity index (χ4v) is 2.33. The number of amides is 1. The van der Waals surface area contributed by atoms with E-state index >= 15 is 0 Å². The highest BCUT2D eigenvalue weighted by Crippen LogP contribution is 2.33. The molecule has 0 saturated heterocycles. The van der Waals surface area contributed by atoms with Crippen LogP contribution in [0.15, 0.2) is 60.9 Å². The van der Waals surface area contributed by atoms with Gasteiger partial charge in [0.1, 0.15) is 17.9 Å². The number of hydrogen-bond donors (Lipinski definition) is 2. The second-order valence-corrected chi connectivity index (χ2v) is 5.40. The second-order valence-electron chi connectivity index (χ2n) is 5.40. The lowest BCUT2D eigenvalue weighted by molar-refractivity contribution is -0.274. The normalized spacial score (nSPS) is 11.1. The number of nitrogens with two attached hydrogens (primary N) is 1. The molecule has 1 heterocycles. The third kappa shape index (κ3) is 4.72. The number of benzene rings is 2. The molecular formula is C18H13F3N4O2.